The molecule has 2 fully saturated rings. The molecule has 1 aliphatic heterocycles. The number of piperidine rings is 1. The lowest BCUT2D eigenvalue weighted by atomic mass is 9.92. The lowest BCUT2D eigenvalue weighted by Crippen LogP contribution is -2.46. The molecule has 11 heteroatoms. The van der Waals surface area contributed by atoms with E-state index in [1.54, 1.807) is 43.0 Å². The Morgan fingerprint density at radius 3 is 2.52 bits per heavy atom. The number of aliphatic hydroxyl groups is 1. The highest BCUT2D eigenvalue weighted by atomic mass is 19.3. The maximum absolute atomic E-state index is 16.6. The Kier molecular flexibility index (Phi) is 7.21. The van der Waals surface area contributed by atoms with Gasteiger partial charge in [0.15, 0.2) is 5.82 Å². The fourth-order valence-electron chi connectivity index (χ4n) is 6.38. The first-order valence-corrected chi connectivity index (χ1v) is 14.3. The fourth-order valence-corrected chi connectivity index (χ4v) is 6.38. The molecule has 1 aromatic heterocycles. The Labute approximate surface area is 251 Å². The van der Waals surface area contributed by atoms with Crippen LogP contribution in [0.2, 0.25) is 0 Å². The Morgan fingerprint density at radius 2 is 1.86 bits per heavy atom. The van der Waals surface area contributed by atoms with Crippen molar-refractivity contribution in [2.24, 2.45) is 5.41 Å². The van der Waals surface area contributed by atoms with Crippen LogP contribution in [0.4, 0.5) is 27.8 Å². The van der Waals surface area contributed by atoms with Crippen molar-refractivity contribution in [1.82, 2.24) is 14.9 Å². The molecule has 1 saturated carbocycles. The summed E-state index contributed by atoms with van der Waals surface area (Å²) in [6, 6.07) is 8.07. The minimum Gasteiger partial charge on any atom is -0.463 e. The fraction of sp³-hybridized carbons (Fsp3) is 0.394. The highest BCUT2D eigenvalue weighted by Crippen LogP contribution is 2.60. The van der Waals surface area contributed by atoms with Gasteiger partial charge in [-0.15, -0.1) is 6.42 Å². The monoisotopic (exact) mass is 610 g/mol. The van der Waals surface area contributed by atoms with Crippen molar-refractivity contribution in [1.29, 1.82) is 0 Å². The van der Waals surface area contributed by atoms with Crippen LogP contribution in [0.25, 0.3) is 32.8 Å². The van der Waals surface area contributed by atoms with E-state index in [1.807, 2.05) is 0 Å². The molecule has 44 heavy (non-hydrogen) atoms. The predicted octanol–water partition coefficient (Wildman–Crippen LogP) is 6.17. The summed E-state index contributed by atoms with van der Waals surface area (Å²) < 4.78 is 82.0. The van der Waals surface area contributed by atoms with E-state index in [1.165, 1.54) is 18.2 Å². The van der Waals surface area contributed by atoms with Crippen molar-refractivity contribution in [3.8, 4) is 29.5 Å². The molecule has 1 aliphatic carbocycles. The Bertz CT molecular complexity index is 1840. The van der Waals surface area contributed by atoms with E-state index in [-0.39, 0.29) is 58.8 Å². The van der Waals surface area contributed by atoms with Crippen molar-refractivity contribution in [2.45, 2.75) is 37.7 Å². The first-order chi connectivity index (χ1) is 20.8. The first kappa shape index (κ1) is 30.0. The van der Waals surface area contributed by atoms with Crippen LogP contribution in [-0.2, 0) is 0 Å². The number of nitrogens with zero attached hydrogens (tertiary/aromatic N) is 4. The number of benzene rings is 3. The van der Waals surface area contributed by atoms with E-state index >= 15 is 8.78 Å². The van der Waals surface area contributed by atoms with Gasteiger partial charge in [-0.1, -0.05) is 30.2 Å². The molecule has 1 saturated heterocycles. The number of fused-ring (bicyclic) bond motifs is 2. The van der Waals surface area contributed by atoms with Crippen molar-refractivity contribution >= 4 is 27.5 Å². The van der Waals surface area contributed by atoms with Gasteiger partial charge in [-0.25, -0.2) is 22.0 Å². The molecule has 230 valence electrons. The number of hydrogen-bond acceptors (Lipinski definition) is 6. The molecular weight excluding hydrogens is 579 g/mol. The lowest BCUT2D eigenvalue weighted by Gasteiger charge is -2.38. The van der Waals surface area contributed by atoms with Crippen LogP contribution in [0.5, 0.6) is 6.01 Å². The number of β-amino-alcohol motifs (C(OH)–C–C–N with tert-alkyl or cyclic N) is 1. The molecular formula is C33H31F5N4O2. The third-order valence-electron chi connectivity index (χ3n) is 8.53. The zero-order valence-electron chi connectivity index (χ0n) is 24.5. The van der Waals surface area contributed by atoms with E-state index in [0.29, 0.717) is 24.8 Å². The second-order valence-electron chi connectivity index (χ2n) is 12.5. The number of aromatic nitrogens is 2. The molecule has 0 unspecified atom stereocenters. The average Bonchev–Trinajstić information content (AvgIpc) is 3.49. The molecule has 0 spiro atoms. The molecule has 6 nitrogen and oxygen atoms in total. The van der Waals surface area contributed by atoms with Gasteiger partial charge in [0.1, 0.15) is 29.6 Å². The quantitative estimate of drug-likeness (QED) is 0.200. The van der Waals surface area contributed by atoms with Gasteiger partial charge in [-0.3, -0.25) is 0 Å². The Hall–Kier alpha value is -4.01. The zero-order chi connectivity index (χ0) is 31.6. The van der Waals surface area contributed by atoms with Crippen molar-refractivity contribution in [2.75, 3.05) is 45.2 Å². The normalized spacial score (nSPS) is 22.9. The van der Waals surface area contributed by atoms with Gasteiger partial charge in [0.05, 0.1) is 22.1 Å². The molecule has 0 bridgehead atoms. The molecule has 2 aliphatic rings. The molecule has 4 aromatic rings. The van der Waals surface area contributed by atoms with Gasteiger partial charge in [-0.05, 0) is 56.9 Å². The minimum atomic E-state index is -2.96. The van der Waals surface area contributed by atoms with Gasteiger partial charge < -0.3 is 19.6 Å². The summed E-state index contributed by atoms with van der Waals surface area (Å²) in [4.78, 5) is 12.0. The van der Waals surface area contributed by atoms with E-state index in [2.05, 4.69) is 15.9 Å². The first-order valence-electron chi connectivity index (χ1n) is 14.3. The van der Waals surface area contributed by atoms with Gasteiger partial charge in [-0.2, -0.15) is 9.97 Å². The number of ether oxygens (including phenoxy) is 1. The summed E-state index contributed by atoms with van der Waals surface area (Å²) in [5.74, 6) is -3.31. The van der Waals surface area contributed by atoms with Crippen LogP contribution in [0.15, 0.2) is 36.4 Å². The standard InChI is InChI=1S/C33H31F5N4O2/c1-5-20-23(34)11-10-19-8-6-9-21(25(19)20)26-24(35)14-22-28(27(26)36)39-30(40-29(22)42-13-7-12-31(2,43)16-42)44-18-32(17-41(3)4)15-33(32,37)38/h1,6,8-11,14,43H,7,12-13,15-18H2,2-4H3/t31-,32-/m1/s1. The molecule has 1 N–H and O–H groups in total. The number of anilines is 1. The molecule has 2 atom stereocenters. The van der Waals surface area contributed by atoms with E-state index < -0.39 is 46.6 Å². The smallest absolute Gasteiger partial charge is 0.319 e. The molecule has 3 aromatic carbocycles. The van der Waals surface area contributed by atoms with Gasteiger partial charge in [0, 0.05) is 36.8 Å². The second kappa shape index (κ2) is 10.6. The van der Waals surface area contributed by atoms with Gasteiger partial charge >= 0.3 is 6.01 Å². The van der Waals surface area contributed by atoms with E-state index in [0.717, 1.165) is 6.07 Å². The van der Waals surface area contributed by atoms with Gasteiger partial charge in [0.2, 0.25) is 0 Å². The highest BCUT2D eigenvalue weighted by molar-refractivity contribution is 6.03. The summed E-state index contributed by atoms with van der Waals surface area (Å²) in [7, 11) is 3.36. The molecule has 0 radical (unpaired) electrons. The minimum absolute atomic E-state index is 0.0112. The van der Waals surface area contributed by atoms with E-state index in [9.17, 15) is 18.3 Å². The summed E-state index contributed by atoms with van der Waals surface area (Å²) in [5, 5.41) is 11.4. The Balaban J connectivity index is 1.54. The zero-order valence-corrected chi connectivity index (χ0v) is 24.5. The summed E-state index contributed by atoms with van der Waals surface area (Å²) in [5.41, 5.74) is -3.47. The van der Waals surface area contributed by atoms with Crippen LogP contribution in [-0.4, -0.2) is 71.8 Å². The Morgan fingerprint density at radius 1 is 1.11 bits per heavy atom. The molecule has 2 heterocycles. The average molecular weight is 611 g/mol. The molecule has 6 rings (SSSR count). The van der Waals surface area contributed by atoms with Crippen molar-refractivity contribution in [3.05, 3.63) is 59.4 Å². The number of alkyl halides is 2. The van der Waals surface area contributed by atoms with E-state index in [4.69, 9.17) is 11.2 Å². The third-order valence-corrected chi connectivity index (χ3v) is 8.53. The number of hydrogen-bond donors (Lipinski definition) is 1. The van der Waals surface area contributed by atoms with Crippen LogP contribution in [0.1, 0.15) is 31.7 Å². The topological polar surface area (TPSA) is 61.7 Å². The number of halogens is 5. The van der Waals surface area contributed by atoms with Gasteiger partial charge in [0.25, 0.3) is 5.92 Å². The third kappa shape index (κ3) is 5.10. The van der Waals surface area contributed by atoms with Crippen molar-refractivity contribution < 1.29 is 31.8 Å². The lowest BCUT2D eigenvalue weighted by molar-refractivity contribution is 0.0287. The predicted molar refractivity (Wildman–Crippen MR) is 158 cm³/mol. The summed E-state index contributed by atoms with van der Waals surface area (Å²) in [6.45, 7) is 1.81. The van der Waals surface area contributed by atoms with Crippen LogP contribution >= 0.6 is 0 Å². The summed E-state index contributed by atoms with van der Waals surface area (Å²) >= 11 is 0. The maximum atomic E-state index is 16.6. The van der Waals surface area contributed by atoms with Crippen LogP contribution in [0.3, 0.4) is 0 Å². The molecule has 0 amide bonds. The largest absolute Gasteiger partial charge is 0.463 e. The van der Waals surface area contributed by atoms with Crippen molar-refractivity contribution in [3.63, 3.8) is 0 Å². The second-order valence-corrected chi connectivity index (χ2v) is 12.5. The SMILES string of the molecule is C#Cc1c(F)ccc2cccc(-c3c(F)cc4c(N5CCC[C@@](C)(O)C5)nc(OC[C@]5(CN(C)C)CC5(F)F)nc4c3F)c12. The van der Waals surface area contributed by atoms with Crippen LogP contribution in [0, 0.1) is 35.2 Å². The highest BCUT2D eigenvalue weighted by Gasteiger charge is 2.71. The number of rotatable bonds is 7. The summed E-state index contributed by atoms with van der Waals surface area (Å²) in [6.07, 6.45) is 6.31. The van der Waals surface area contributed by atoms with Crippen LogP contribution < -0.4 is 9.64 Å². The maximum Gasteiger partial charge on any atom is 0.319 e. The number of terminal acetylenes is 1.